The quantitative estimate of drug-likeness (QED) is 0.712. The summed E-state index contributed by atoms with van der Waals surface area (Å²) >= 11 is 0. The molecule has 13 heteroatoms. The summed E-state index contributed by atoms with van der Waals surface area (Å²) in [5.41, 5.74) is -7.11. The van der Waals surface area contributed by atoms with Crippen LogP contribution in [0.15, 0.2) is 18.2 Å². The molecule has 1 aromatic rings. The minimum atomic E-state index is -6.93. The Labute approximate surface area is 133 Å². The number of urea groups is 1. The van der Waals surface area contributed by atoms with Crippen molar-refractivity contribution >= 4 is 11.7 Å². The van der Waals surface area contributed by atoms with Crippen LogP contribution in [0.5, 0.6) is 0 Å². The highest BCUT2D eigenvalue weighted by atomic mass is 19.4. The molecule has 2 N–H and O–H groups in total. The van der Waals surface area contributed by atoms with Crippen molar-refractivity contribution in [2.75, 3.05) is 5.32 Å². The Kier molecular flexibility index (Phi) is 5.22. The molecule has 0 heterocycles. The minimum absolute atomic E-state index is 0.0781. The van der Waals surface area contributed by atoms with Gasteiger partial charge in [0.1, 0.15) is 5.82 Å². The van der Waals surface area contributed by atoms with Gasteiger partial charge in [0.15, 0.2) is 0 Å². The number of benzene rings is 1. The van der Waals surface area contributed by atoms with E-state index in [-0.39, 0.29) is 10.9 Å². The number of alkyl halides is 9. The highest BCUT2D eigenvalue weighted by Gasteiger charge is 2.84. The zero-order valence-electron chi connectivity index (χ0n) is 11.9. The molecule has 0 fully saturated rings. The molecule has 1 aromatic carbocycles. The van der Waals surface area contributed by atoms with E-state index in [4.69, 9.17) is 0 Å². The fourth-order valence-corrected chi connectivity index (χ4v) is 1.79. The monoisotopic (exact) mass is 386 g/mol. The maximum atomic E-state index is 12.9. The second-order valence-corrected chi connectivity index (χ2v) is 4.78. The third kappa shape index (κ3) is 3.90. The smallest absolute Gasteiger partial charge is 0.308 e. The van der Waals surface area contributed by atoms with Crippen LogP contribution in [-0.4, -0.2) is 30.1 Å². The molecule has 0 radical (unpaired) electrons. The molecule has 0 saturated heterocycles. The lowest BCUT2D eigenvalue weighted by Crippen LogP contribution is -2.75. The lowest BCUT2D eigenvalue weighted by Gasteiger charge is -2.38. The van der Waals surface area contributed by atoms with Crippen LogP contribution >= 0.6 is 0 Å². The van der Waals surface area contributed by atoms with Gasteiger partial charge in [-0.05, 0) is 30.7 Å². The fourth-order valence-electron chi connectivity index (χ4n) is 1.79. The van der Waals surface area contributed by atoms with Crippen molar-refractivity contribution in [2.24, 2.45) is 0 Å². The zero-order valence-corrected chi connectivity index (χ0v) is 11.9. The molecular weight excluding hydrogens is 378 g/mol. The molecule has 0 atom stereocenters. The number of amides is 2. The van der Waals surface area contributed by atoms with Crippen molar-refractivity contribution in [3.8, 4) is 0 Å². The van der Waals surface area contributed by atoms with Gasteiger partial charge in [0.2, 0.25) is 0 Å². The summed E-state index contributed by atoms with van der Waals surface area (Å²) in [6, 6.07) is -0.241. The number of halogens is 10. The van der Waals surface area contributed by atoms with Crippen LogP contribution in [0.2, 0.25) is 0 Å². The van der Waals surface area contributed by atoms with Crippen LogP contribution in [0.3, 0.4) is 0 Å². The van der Waals surface area contributed by atoms with Crippen molar-refractivity contribution in [2.45, 2.75) is 31.0 Å². The van der Waals surface area contributed by atoms with Gasteiger partial charge in [-0.2, -0.15) is 39.5 Å². The molecule has 25 heavy (non-hydrogen) atoms. The molecule has 0 aliphatic heterocycles. The second-order valence-electron chi connectivity index (χ2n) is 4.78. The van der Waals surface area contributed by atoms with Crippen LogP contribution < -0.4 is 10.6 Å². The van der Waals surface area contributed by atoms with Crippen LogP contribution in [0.4, 0.5) is 54.4 Å². The Morgan fingerprint density at radius 2 is 1.32 bits per heavy atom. The summed E-state index contributed by atoms with van der Waals surface area (Å²) in [6.45, 7) is 1.11. The van der Waals surface area contributed by atoms with Gasteiger partial charge in [-0.3, -0.25) is 0 Å². The summed E-state index contributed by atoms with van der Waals surface area (Å²) < 4.78 is 127. The number of carbonyl (C=O) groups is 1. The SMILES string of the molecule is Cc1cc(F)ccc1NC(=O)NC(C(F)(F)F)(C(F)(F)F)C(F)(F)F. The van der Waals surface area contributed by atoms with E-state index in [1.54, 1.807) is 0 Å². The normalized spacial score (nSPS) is 13.6. The van der Waals surface area contributed by atoms with E-state index in [1.165, 1.54) is 5.32 Å². The second kappa shape index (κ2) is 6.26. The number of nitrogens with one attached hydrogen (secondary N) is 2. The van der Waals surface area contributed by atoms with E-state index >= 15 is 0 Å². The first-order chi connectivity index (χ1) is 11.0. The van der Waals surface area contributed by atoms with E-state index in [2.05, 4.69) is 0 Å². The zero-order chi connectivity index (χ0) is 19.8. The van der Waals surface area contributed by atoms with Crippen molar-refractivity contribution < 1.29 is 48.7 Å². The highest BCUT2D eigenvalue weighted by Crippen LogP contribution is 2.52. The van der Waals surface area contributed by atoms with Crippen molar-refractivity contribution in [1.29, 1.82) is 0 Å². The molecule has 0 saturated carbocycles. The van der Waals surface area contributed by atoms with Crippen molar-refractivity contribution in [3.63, 3.8) is 0 Å². The molecule has 0 spiro atoms. The fraction of sp³-hybridized carbons (Fsp3) is 0.417. The molecule has 0 bridgehead atoms. The number of anilines is 1. The van der Waals surface area contributed by atoms with Crippen LogP contribution in [0, 0.1) is 12.7 Å². The molecule has 0 aliphatic rings. The predicted molar refractivity (Wildman–Crippen MR) is 64.2 cm³/mol. The highest BCUT2D eigenvalue weighted by molar-refractivity contribution is 5.90. The predicted octanol–water partition coefficient (Wildman–Crippen LogP) is 4.68. The van der Waals surface area contributed by atoms with Gasteiger partial charge < -0.3 is 10.6 Å². The lowest BCUT2D eigenvalue weighted by molar-refractivity contribution is -0.386. The van der Waals surface area contributed by atoms with E-state index in [1.807, 2.05) is 0 Å². The third-order valence-electron chi connectivity index (χ3n) is 3.01. The number of hydrogen-bond donors (Lipinski definition) is 2. The Balaban J connectivity index is 3.28. The molecule has 142 valence electrons. The lowest BCUT2D eigenvalue weighted by atomic mass is 9.97. The molecule has 2 amide bonds. The molecule has 0 aromatic heterocycles. The van der Waals surface area contributed by atoms with Gasteiger partial charge in [0.25, 0.3) is 0 Å². The molecule has 3 nitrogen and oxygen atoms in total. The summed E-state index contributed by atoms with van der Waals surface area (Å²) in [5.74, 6) is -0.848. The van der Waals surface area contributed by atoms with E-state index in [0.717, 1.165) is 19.1 Å². The minimum Gasteiger partial charge on any atom is -0.308 e. The van der Waals surface area contributed by atoms with E-state index < -0.39 is 41.6 Å². The number of rotatable bonds is 2. The Hall–Kier alpha value is -2.21. The third-order valence-corrected chi connectivity index (χ3v) is 3.01. The van der Waals surface area contributed by atoms with Crippen molar-refractivity contribution in [1.82, 2.24) is 5.32 Å². The van der Waals surface area contributed by atoms with Crippen molar-refractivity contribution in [3.05, 3.63) is 29.6 Å². The van der Waals surface area contributed by atoms with Gasteiger partial charge in [-0.15, -0.1) is 0 Å². The first-order valence-corrected chi connectivity index (χ1v) is 6.08. The van der Waals surface area contributed by atoms with Gasteiger partial charge in [-0.25, -0.2) is 9.18 Å². The maximum absolute atomic E-state index is 12.9. The standard InChI is InChI=1S/C12H8F10N2O/c1-5-4-6(13)2-3-7(5)23-8(25)24-9(10(14,15)16,11(17,18)19)12(20,21)22/h2-4H,1H3,(H2,23,24,25). The van der Waals surface area contributed by atoms with E-state index in [0.29, 0.717) is 6.07 Å². The van der Waals surface area contributed by atoms with Gasteiger partial charge in [0, 0.05) is 5.69 Å². The topological polar surface area (TPSA) is 41.1 Å². The summed E-state index contributed by atoms with van der Waals surface area (Å²) in [7, 11) is 0. The summed E-state index contributed by atoms with van der Waals surface area (Å²) in [6.07, 6.45) is -20.8. The summed E-state index contributed by atoms with van der Waals surface area (Å²) in [5, 5.41) is 1.31. The van der Waals surface area contributed by atoms with Gasteiger partial charge in [0.05, 0.1) is 0 Å². The molecular formula is C12H8F10N2O. The number of hydrogen-bond acceptors (Lipinski definition) is 1. The number of carbonyl (C=O) groups excluding carboxylic acids is 1. The van der Waals surface area contributed by atoms with Crippen LogP contribution in [0.25, 0.3) is 0 Å². The molecule has 1 rings (SSSR count). The largest absolute Gasteiger partial charge is 0.429 e. The molecule has 0 aliphatic carbocycles. The Bertz CT molecular complexity index is 611. The van der Waals surface area contributed by atoms with Gasteiger partial charge in [-0.1, -0.05) is 0 Å². The average Bonchev–Trinajstić information content (AvgIpc) is 2.34. The number of aryl methyl sites for hydroxylation is 1. The van der Waals surface area contributed by atoms with Crippen LogP contribution in [0.1, 0.15) is 5.56 Å². The average molecular weight is 386 g/mol. The Morgan fingerprint density at radius 3 is 1.68 bits per heavy atom. The van der Waals surface area contributed by atoms with Gasteiger partial charge >= 0.3 is 30.1 Å². The Morgan fingerprint density at radius 1 is 0.880 bits per heavy atom. The first-order valence-electron chi connectivity index (χ1n) is 6.08. The summed E-state index contributed by atoms with van der Waals surface area (Å²) in [4.78, 5) is 11.4. The first kappa shape index (κ1) is 20.8. The van der Waals surface area contributed by atoms with Crippen LogP contribution in [-0.2, 0) is 0 Å². The van der Waals surface area contributed by atoms with E-state index in [9.17, 15) is 48.7 Å². The maximum Gasteiger partial charge on any atom is 0.429 e. The molecule has 0 unspecified atom stereocenters.